The second-order valence-corrected chi connectivity index (χ2v) is 5.08. The fourth-order valence-corrected chi connectivity index (χ4v) is 1.61. The lowest BCUT2D eigenvalue weighted by Gasteiger charge is -2.16. The normalized spacial score (nSPS) is 11.2. The highest BCUT2D eigenvalue weighted by Gasteiger charge is 2.22. The quantitative estimate of drug-likeness (QED) is 0.627. The minimum absolute atomic E-state index is 0.179. The smallest absolute Gasteiger partial charge is 0.168 e. The summed E-state index contributed by atoms with van der Waals surface area (Å²) >= 11 is 1.54. The van der Waals surface area contributed by atoms with E-state index in [1.165, 1.54) is 11.9 Å². The van der Waals surface area contributed by atoms with Gasteiger partial charge in [0.05, 0.1) is 0 Å². The second kappa shape index (κ2) is 4.71. The molecule has 82 valence electrons. The first-order chi connectivity index (χ1) is 6.95. The average molecular weight is 223 g/mol. The number of nitrogens with one attached hydrogen (secondary N) is 1. The van der Waals surface area contributed by atoms with Crippen LogP contribution in [0.15, 0.2) is 24.3 Å². The molecule has 1 N–H and O–H groups in total. The molecule has 0 heterocycles. The van der Waals surface area contributed by atoms with E-state index in [0.717, 1.165) is 11.3 Å². The van der Waals surface area contributed by atoms with Crippen molar-refractivity contribution in [3.63, 3.8) is 0 Å². The highest BCUT2D eigenvalue weighted by molar-refractivity contribution is 7.99. The van der Waals surface area contributed by atoms with Crippen molar-refractivity contribution < 1.29 is 4.79 Å². The van der Waals surface area contributed by atoms with E-state index < -0.39 is 0 Å². The largest absolute Gasteiger partial charge is 0.330 e. The van der Waals surface area contributed by atoms with Gasteiger partial charge in [0.15, 0.2) is 5.78 Å². The molecule has 15 heavy (non-hydrogen) atoms. The van der Waals surface area contributed by atoms with Crippen LogP contribution in [-0.2, 0) is 0 Å². The number of hydrogen-bond donors (Lipinski definition) is 1. The van der Waals surface area contributed by atoms with Crippen LogP contribution in [0.4, 0.5) is 5.69 Å². The Morgan fingerprint density at radius 1 is 1.20 bits per heavy atom. The van der Waals surface area contributed by atoms with Crippen LogP contribution in [0.1, 0.15) is 31.1 Å². The summed E-state index contributed by atoms with van der Waals surface area (Å²) in [5.41, 5.74) is 1.48. The number of carbonyl (C=O) groups is 1. The first kappa shape index (κ1) is 12.1. The predicted octanol–water partition coefficient (Wildman–Crippen LogP) is 3.61. The Hall–Kier alpha value is -0.960. The van der Waals surface area contributed by atoms with Gasteiger partial charge in [0.25, 0.3) is 0 Å². The highest BCUT2D eigenvalue weighted by Crippen LogP contribution is 2.22. The lowest BCUT2D eigenvalue weighted by molar-refractivity contribution is 0.0858. The Labute approximate surface area is 95.6 Å². The SMILES string of the molecule is CSNc1ccc(C(=O)C(C)(C)C)cc1. The molecule has 0 unspecified atom stereocenters. The maximum Gasteiger partial charge on any atom is 0.168 e. The molecule has 1 aromatic rings. The molecule has 0 fully saturated rings. The van der Waals surface area contributed by atoms with Gasteiger partial charge in [-0.2, -0.15) is 0 Å². The van der Waals surface area contributed by atoms with Crippen molar-refractivity contribution >= 4 is 23.4 Å². The molecule has 0 aromatic heterocycles. The van der Waals surface area contributed by atoms with Crippen molar-refractivity contribution in [3.8, 4) is 0 Å². The number of carbonyl (C=O) groups excluding carboxylic acids is 1. The molecule has 0 aliphatic rings. The zero-order chi connectivity index (χ0) is 11.5. The van der Waals surface area contributed by atoms with Crippen molar-refractivity contribution in [2.24, 2.45) is 5.41 Å². The third kappa shape index (κ3) is 3.27. The number of benzene rings is 1. The van der Waals surface area contributed by atoms with Crippen molar-refractivity contribution in [1.29, 1.82) is 0 Å². The van der Waals surface area contributed by atoms with Gasteiger partial charge in [-0.1, -0.05) is 32.7 Å². The van der Waals surface area contributed by atoms with Gasteiger partial charge < -0.3 is 4.72 Å². The summed E-state index contributed by atoms with van der Waals surface area (Å²) in [6, 6.07) is 7.59. The van der Waals surface area contributed by atoms with Crippen LogP contribution in [0.3, 0.4) is 0 Å². The van der Waals surface area contributed by atoms with E-state index in [9.17, 15) is 4.79 Å². The van der Waals surface area contributed by atoms with Crippen LogP contribution in [0.2, 0.25) is 0 Å². The molecule has 0 aliphatic heterocycles. The number of Topliss-reactive ketones (excluding diaryl/α,β-unsaturated/α-hetero) is 1. The van der Waals surface area contributed by atoms with Gasteiger partial charge in [-0.3, -0.25) is 4.79 Å². The van der Waals surface area contributed by atoms with Crippen molar-refractivity contribution in [2.75, 3.05) is 11.0 Å². The summed E-state index contributed by atoms with van der Waals surface area (Å²) in [4.78, 5) is 11.9. The molecule has 1 aromatic carbocycles. The van der Waals surface area contributed by atoms with E-state index in [0.29, 0.717) is 0 Å². The topological polar surface area (TPSA) is 29.1 Å². The fourth-order valence-electron chi connectivity index (χ4n) is 1.24. The van der Waals surface area contributed by atoms with Crippen LogP contribution in [0.25, 0.3) is 0 Å². The van der Waals surface area contributed by atoms with Gasteiger partial charge in [-0.15, -0.1) is 0 Å². The molecule has 1 rings (SSSR count). The number of hydrogen-bond acceptors (Lipinski definition) is 3. The maximum absolute atomic E-state index is 11.9. The predicted molar refractivity (Wildman–Crippen MR) is 67.4 cm³/mol. The van der Waals surface area contributed by atoms with Crippen LogP contribution in [0.5, 0.6) is 0 Å². The molecule has 0 radical (unpaired) electrons. The molecule has 0 bridgehead atoms. The Morgan fingerprint density at radius 3 is 2.13 bits per heavy atom. The lowest BCUT2D eigenvalue weighted by Crippen LogP contribution is -2.19. The second-order valence-electron chi connectivity index (χ2n) is 4.46. The number of anilines is 1. The Balaban J connectivity index is 2.85. The summed E-state index contributed by atoms with van der Waals surface area (Å²) in [6.45, 7) is 5.80. The zero-order valence-electron chi connectivity index (χ0n) is 9.63. The highest BCUT2D eigenvalue weighted by atomic mass is 32.2. The van der Waals surface area contributed by atoms with Crippen molar-refractivity contribution in [1.82, 2.24) is 0 Å². The molecule has 0 aliphatic carbocycles. The Morgan fingerprint density at radius 2 is 1.73 bits per heavy atom. The monoisotopic (exact) mass is 223 g/mol. The van der Waals surface area contributed by atoms with E-state index in [1.807, 2.05) is 51.3 Å². The van der Waals surface area contributed by atoms with Crippen LogP contribution >= 0.6 is 11.9 Å². The average Bonchev–Trinajstić information content (AvgIpc) is 2.17. The first-order valence-corrected chi connectivity index (χ1v) is 6.11. The molecular formula is C12H17NOS. The Bertz CT molecular complexity index is 338. The van der Waals surface area contributed by atoms with Gasteiger partial charge >= 0.3 is 0 Å². The van der Waals surface area contributed by atoms with Crippen LogP contribution < -0.4 is 4.72 Å². The molecule has 2 nitrogen and oxygen atoms in total. The lowest BCUT2D eigenvalue weighted by atomic mass is 9.86. The minimum atomic E-state index is -0.311. The summed E-state index contributed by atoms with van der Waals surface area (Å²) in [7, 11) is 0. The Kier molecular flexibility index (Phi) is 3.80. The van der Waals surface area contributed by atoms with E-state index in [1.54, 1.807) is 0 Å². The van der Waals surface area contributed by atoms with Gasteiger partial charge in [-0.25, -0.2) is 0 Å². The zero-order valence-corrected chi connectivity index (χ0v) is 10.4. The number of ketones is 1. The van der Waals surface area contributed by atoms with Crippen LogP contribution in [0, 0.1) is 5.41 Å². The molecular weight excluding hydrogens is 206 g/mol. The third-order valence-corrected chi connectivity index (χ3v) is 2.49. The summed E-state index contributed by atoms with van der Waals surface area (Å²) in [6.07, 6.45) is 1.97. The van der Waals surface area contributed by atoms with E-state index in [-0.39, 0.29) is 11.2 Å². The third-order valence-electron chi connectivity index (χ3n) is 2.05. The van der Waals surface area contributed by atoms with Gasteiger partial charge in [0.1, 0.15) is 0 Å². The number of rotatable bonds is 3. The maximum atomic E-state index is 11.9. The first-order valence-electron chi connectivity index (χ1n) is 4.89. The molecule has 0 amide bonds. The van der Waals surface area contributed by atoms with Gasteiger partial charge in [0.2, 0.25) is 0 Å². The standard InChI is InChI=1S/C12H17NOS/c1-12(2,3)11(14)9-5-7-10(8-6-9)13-15-4/h5-8,13H,1-4H3. The van der Waals surface area contributed by atoms with Gasteiger partial charge in [-0.05, 0) is 24.3 Å². The summed E-state index contributed by atoms with van der Waals surface area (Å²) in [5, 5.41) is 0. The van der Waals surface area contributed by atoms with Crippen molar-refractivity contribution in [3.05, 3.63) is 29.8 Å². The molecule has 0 saturated carbocycles. The van der Waals surface area contributed by atoms with Crippen LogP contribution in [-0.4, -0.2) is 12.0 Å². The van der Waals surface area contributed by atoms with E-state index in [2.05, 4.69) is 4.72 Å². The van der Waals surface area contributed by atoms with E-state index in [4.69, 9.17) is 0 Å². The minimum Gasteiger partial charge on any atom is -0.330 e. The molecule has 0 spiro atoms. The molecule has 0 saturated heterocycles. The summed E-state index contributed by atoms with van der Waals surface area (Å²) in [5.74, 6) is 0.179. The summed E-state index contributed by atoms with van der Waals surface area (Å²) < 4.78 is 3.12. The van der Waals surface area contributed by atoms with E-state index >= 15 is 0 Å². The van der Waals surface area contributed by atoms with Gasteiger partial charge in [0, 0.05) is 22.9 Å². The molecule has 3 heteroatoms. The molecule has 0 atom stereocenters. The fraction of sp³-hybridized carbons (Fsp3) is 0.417. The van der Waals surface area contributed by atoms with Crippen molar-refractivity contribution in [2.45, 2.75) is 20.8 Å².